The molecule has 0 radical (unpaired) electrons. The molecule has 0 N–H and O–H groups in total. The molecule has 12 nitrogen and oxygen atoms in total. The molecule has 0 saturated heterocycles. The Hall–Kier alpha value is -2.83. The fourth-order valence-electron chi connectivity index (χ4n) is 3.92. The van der Waals surface area contributed by atoms with Crippen molar-refractivity contribution in [3.8, 4) is 0 Å². The average molecular weight is 627 g/mol. The Kier molecular flexibility index (Phi) is 15.2. The van der Waals surface area contributed by atoms with Gasteiger partial charge in [0, 0.05) is 25.0 Å². The summed E-state index contributed by atoms with van der Waals surface area (Å²) >= 11 is 0. The van der Waals surface area contributed by atoms with Crippen LogP contribution in [0.25, 0.3) is 0 Å². The number of Topliss-reactive ketones (excluding diaryl/α,β-unsaturated/α-hetero) is 1. The van der Waals surface area contributed by atoms with Gasteiger partial charge in [-0.05, 0) is 75.2 Å². The van der Waals surface area contributed by atoms with Crippen LogP contribution in [0, 0.1) is 17.8 Å². The molecular formula is C32H54N2O10. The third-order valence-electron chi connectivity index (χ3n) is 7.01. The monoisotopic (exact) mass is 626 g/mol. The predicted molar refractivity (Wildman–Crippen MR) is 165 cm³/mol. The highest BCUT2D eigenvalue weighted by atomic mass is 16.6. The van der Waals surface area contributed by atoms with E-state index in [0.29, 0.717) is 13.2 Å². The lowest BCUT2D eigenvalue weighted by Crippen LogP contribution is -2.57. The first-order valence-corrected chi connectivity index (χ1v) is 15.4. The van der Waals surface area contributed by atoms with E-state index in [1.807, 2.05) is 13.8 Å². The Labute approximate surface area is 261 Å². The van der Waals surface area contributed by atoms with Gasteiger partial charge in [-0.2, -0.15) is 0 Å². The van der Waals surface area contributed by atoms with Gasteiger partial charge in [0.05, 0.1) is 23.5 Å². The first-order valence-electron chi connectivity index (χ1n) is 15.4. The van der Waals surface area contributed by atoms with Gasteiger partial charge in [0.15, 0.2) is 24.3 Å². The third kappa shape index (κ3) is 11.0. The summed E-state index contributed by atoms with van der Waals surface area (Å²) < 4.78 is 31.1. The quantitative estimate of drug-likeness (QED) is 0.171. The predicted octanol–water partition coefficient (Wildman–Crippen LogP) is 4.32. The molecule has 0 spiro atoms. The summed E-state index contributed by atoms with van der Waals surface area (Å²) in [7, 11) is 0. The zero-order valence-corrected chi connectivity index (χ0v) is 28.6. The number of rotatable bonds is 18. The fourth-order valence-corrected chi connectivity index (χ4v) is 3.92. The van der Waals surface area contributed by atoms with Crippen LogP contribution in [0.3, 0.4) is 0 Å². The second kappa shape index (κ2) is 17.0. The molecule has 0 amide bonds. The van der Waals surface area contributed by atoms with Crippen molar-refractivity contribution in [3.05, 3.63) is 32.6 Å². The summed E-state index contributed by atoms with van der Waals surface area (Å²) in [5, 5.41) is 0. The lowest BCUT2D eigenvalue weighted by Gasteiger charge is -2.39. The first kappa shape index (κ1) is 39.2. The van der Waals surface area contributed by atoms with E-state index in [0.717, 1.165) is 34.8 Å². The summed E-state index contributed by atoms with van der Waals surface area (Å²) in [5.41, 5.74) is -4.87. The molecule has 0 aliphatic carbocycles. The van der Waals surface area contributed by atoms with Crippen molar-refractivity contribution >= 4 is 17.7 Å². The van der Waals surface area contributed by atoms with Crippen LogP contribution < -0.4 is 11.2 Å². The molecule has 0 aliphatic heterocycles. The van der Waals surface area contributed by atoms with Crippen molar-refractivity contribution in [2.75, 3.05) is 26.4 Å². The van der Waals surface area contributed by atoms with Crippen LogP contribution in [0.2, 0.25) is 0 Å². The van der Waals surface area contributed by atoms with E-state index in [2.05, 4.69) is 0 Å². The summed E-state index contributed by atoms with van der Waals surface area (Å²) in [6.07, 6.45) is 2.32. The zero-order valence-electron chi connectivity index (χ0n) is 28.6. The van der Waals surface area contributed by atoms with E-state index >= 15 is 0 Å². The second-order valence-electron chi connectivity index (χ2n) is 13.2. The van der Waals surface area contributed by atoms with E-state index in [1.165, 1.54) is 20.0 Å². The number of aromatic nitrogens is 2. The molecule has 0 fully saturated rings. The number of carbonyl (C=O) groups excluding carboxylic acids is 3. The summed E-state index contributed by atoms with van der Waals surface area (Å²) in [5.74, 6) is -1.59. The van der Waals surface area contributed by atoms with Crippen molar-refractivity contribution in [3.63, 3.8) is 0 Å². The van der Waals surface area contributed by atoms with Crippen molar-refractivity contribution in [1.82, 2.24) is 9.13 Å². The van der Waals surface area contributed by atoms with Gasteiger partial charge in [-0.3, -0.25) is 23.7 Å². The molecule has 252 valence electrons. The summed E-state index contributed by atoms with van der Waals surface area (Å²) in [6.45, 7) is 18.0. The lowest BCUT2D eigenvalue weighted by molar-refractivity contribution is -0.220. The standard InChI is InChI=1S/C32H54N2O10/c1-12-14-16-40-20-32(23(4)35,24(5)41-17-15-13-2)44-25(19-42-27(37)30(6,7)8)33-18-22(3)26(36)34(29(33)39)21-43-28(38)31(9,10)11/h18,24-25H,12-17,19-21H2,1-11H3/t24-,25-,32+/m1/s1. The van der Waals surface area contributed by atoms with Gasteiger partial charge in [0.1, 0.15) is 6.61 Å². The SMILES string of the molecule is CCCCOC[C@](O[C@H](COC(=O)C(C)(C)C)n1cc(C)c(=O)n(COC(=O)C(C)(C)C)c1=O)(C(C)=O)[C@@H](C)OCCCC. The third-order valence-corrected chi connectivity index (χ3v) is 7.01. The van der Waals surface area contributed by atoms with Crippen LogP contribution >= 0.6 is 0 Å². The van der Waals surface area contributed by atoms with Crippen LogP contribution in [0.1, 0.15) is 107 Å². The maximum absolute atomic E-state index is 13.8. The van der Waals surface area contributed by atoms with Gasteiger partial charge >= 0.3 is 17.6 Å². The average Bonchev–Trinajstić information content (AvgIpc) is 2.92. The number of hydrogen-bond acceptors (Lipinski definition) is 10. The smallest absolute Gasteiger partial charge is 0.336 e. The van der Waals surface area contributed by atoms with Crippen LogP contribution in [0.4, 0.5) is 0 Å². The van der Waals surface area contributed by atoms with Crippen LogP contribution in [0.15, 0.2) is 15.8 Å². The molecule has 12 heteroatoms. The molecule has 0 bridgehead atoms. The molecule has 1 aromatic heterocycles. The largest absolute Gasteiger partial charge is 0.460 e. The second-order valence-corrected chi connectivity index (χ2v) is 13.2. The maximum Gasteiger partial charge on any atom is 0.336 e. The molecule has 0 aromatic carbocycles. The van der Waals surface area contributed by atoms with E-state index < -0.39 is 71.1 Å². The highest BCUT2D eigenvalue weighted by Crippen LogP contribution is 2.29. The van der Waals surface area contributed by atoms with E-state index in [4.69, 9.17) is 23.7 Å². The minimum Gasteiger partial charge on any atom is -0.460 e. The molecule has 3 atom stereocenters. The number of ether oxygens (including phenoxy) is 5. The number of hydrogen-bond donors (Lipinski definition) is 0. The number of unbranched alkanes of at least 4 members (excludes halogenated alkanes) is 2. The molecule has 1 heterocycles. The normalized spacial score (nSPS) is 14.9. The first-order chi connectivity index (χ1) is 20.3. The minimum atomic E-state index is -1.70. The van der Waals surface area contributed by atoms with Crippen molar-refractivity contribution in [2.24, 2.45) is 10.8 Å². The van der Waals surface area contributed by atoms with Gasteiger partial charge in [0.25, 0.3) is 5.56 Å². The Morgan fingerprint density at radius 2 is 1.43 bits per heavy atom. The minimum absolute atomic E-state index is 0.132. The Balaban J connectivity index is 3.77. The van der Waals surface area contributed by atoms with E-state index in [9.17, 15) is 24.0 Å². The lowest BCUT2D eigenvalue weighted by atomic mass is 9.93. The van der Waals surface area contributed by atoms with Gasteiger partial charge in [0.2, 0.25) is 0 Å². The summed E-state index contributed by atoms with van der Waals surface area (Å²) in [4.78, 5) is 65.5. The van der Waals surface area contributed by atoms with Crippen LogP contribution in [-0.4, -0.2) is 65.0 Å². The van der Waals surface area contributed by atoms with Crippen molar-refractivity contribution in [1.29, 1.82) is 0 Å². The highest BCUT2D eigenvalue weighted by Gasteiger charge is 2.46. The van der Waals surface area contributed by atoms with Crippen molar-refractivity contribution in [2.45, 2.75) is 127 Å². The Bertz CT molecular complexity index is 1220. The van der Waals surface area contributed by atoms with Gasteiger partial charge in [-0.1, -0.05) is 26.7 Å². The van der Waals surface area contributed by atoms with Crippen LogP contribution in [-0.2, 0) is 44.8 Å². The van der Waals surface area contributed by atoms with Gasteiger partial charge in [-0.25, -0.2) is 9.36 Å². The summed E-state index contributed by atoms with van der Waals surface area (Å²) in [6, 6.07) is 0. The number of ketones is 1. The van der Waals surface area contributed by atoms with Gasteiger partial charge in [-0.15, -0.1) is 0 Å². The Morgan fingerprint density at radius 1 is 0.886 bits per heavy atom. The molecule has 1 aromatic rings. The maximum atomic E-state index is 13.8. The number of nitrogens with zero attached hydrogens (tertiary/aromatic N) is 2. The number of esters is 2. The zero-order chi connectivity index (χ0) is 33.9. The molecule has 1 rings (SSSR count). The molecule has 0 saturated carbocycles. The number of carbonyl (C=O) groups is 3. The fraction of sp³-hybridized carbons (Fsp3) is 0.781. The van der Waals surface area contributed by atoms with Crippen LogP contribution in [0.5, 0.6) is 0 Å². The van der Waals surface area contributed by atoms with Crippen molar-refractivity contribution < 1.29 is 38.1 Å². The molecule has 44 heavy (non-hydrogen) atoms. The molecule has 0 aliphatic rings. The number of aryl methyl sites for hydroxylation is 1. The highest BCUT2D eigenvalue weighted by molar-refractivity contribution is 5.86. The van der Waals surface area contributed by atoms with E-state index in [1.54, 1.807) is 48.5 Å². The van der Waals surface area contributed by atoms with Gasteiger partial charge < -0.3 is 23.7 Å². The molecular weight excluding hydrogens is 572 g/mol. The van der Waals surface area contributed by atoms with E-state index in [-0.39, 0.29) is 12.2 Å². The molecule has 0 unspecified atom stereocenters. The Morgan fingerprint density at radius 3 is 1.95 bits per heavy atom. The topological polar surface area (TPSA) is 141 Å².